The summed E-state index contributed by atoms with van der Waals surface area (Å²) in [5.41, 5.74) is 7.61. The monoisotopic (exact) mass is 328 g/mol. The highest BCUT2D eigenvalue weighted by Crippen LogP contribution is 2.22. The first-order valence-corrected chi connectivity index (χ1v) is 6.98. The van der Waals surface area contributed by atoms with E-state index in [-0.39, 0.29) is 0 Å². The van der Waals surface area contributed by atoms with Crippen molar-refractivity contribution < 1.29 is 4.74 Å². The molecule has 2 heterocycles. The van der Waals surface area contributed by atoms with Gasteiger partial charge in [-0.05, 0) is 22.9 Å². The van der Waals surface area contributed by atoms with Gasteiger partial charge in [-0.3, -0.25) is 0 Å². The van der Waals surface area contributed by atoms with Crippen LogP contribution in [0.15, 0.2) is 9.85 Å². The quantitative estimate of drug-likeness (QED) is 0.932. The van der Waals surface area contributed by atoms with Gasteiger partial charge >= 0.3 is 0 Å². The number of hydrogen-bond donors (Lipinski definition) is 1. The van der Waals surface area contributed by atoms with Crippen molar-refractivity contribution in [3.8, 4) is 0 Å². The summed E-state index contributed by atoms with van der Waals surface area (Å²) in [6.45, 7) is 2.37. The van der Waals surface area contributed by atoms with E-state index in [1.807, 2.05) is 12.3 Å². The molecular formula is C11H13BrN4OS. The summed E-state index contributed by atoms with van der Waals surface area (Å²) in [5.74, 6) is 1.09. The van der Waals surface area contributed by atoms with E-state index in [2.05, 4.69) is 30.9 Å². The van der Waals surface area contributed by atoms with Crippen molar-refractivity contribution in [1.29, 1.82) is 0 Å². The first kappa shape index (κ1) is 13.4. The van der Waals surface area contributed by atoms with Crippen molar-refractivity contribution in [2.24, 2.45) is 0 Å². The minimum absolute atomic E-state index is 0.400. The molecule has 18 heavy (non-hydrogen) atoms. The predicted molar refractivity (Wildman–Crippen MR) is 74.5 cm³/mol. The maximum absolute atomic E-state index is 5.84. The third-order valence-corrected chi connectivity index (χ3v) is 4.08. The fraction of sp³-hybridized carbons (Fsp3) is 0.364. The highest BCUT2D eigenvalue weighted by Gasteiger charge is 2.11. The van der Waals surface area contributed by atoms with Gasteiger partial charge in [-0.15, -0.1) is 11.3 Å². The van der Waals surface area contributed by atoms with E-state index < -0.39 is 0 Å². The van der Waals surface area contributed by atoms with Crippen molar-refractivity contribution >= 4 is 33.1 Å². The minimum Gasteiger partial charge on any atom is -0.383 e. The van der Waals surface area contributed by atoms with Gasteiger partial charge in [0.05, 0.1) is 23.2 Å². The largest absolute Gasteiger partial charge is 0.383 e. The van der Waals surface area contributed by atoms with Crippen LogP contribution in [0.1, 0.15) is 22.2 Å². The predicted octanol–water partition coefficient (Wildman–Crippen LogP) is 2.32. The van der Waals surface area contributed by atoms with E-state index in [4.69, 9.17) is 10.5 Å². The molecule has 0 fully saturated rings. The number of aromatic nitrogens is 3. The van der Waals surface area contributed by atoms with E-state index in [1.54, 1.807) is 18.4 Å². The lowest BCUT2D eigenvalue weighted by Crippen LogP contribution is -2.06. The molecule has 96 valence electrons. The fourth-order valence-electron chi connectivity index (χ4n) is 1.50. The Balaban J connectivity index is 2.28. The summed E-state index contributed by atoms with van der Waals surface area (Å²) in [6.07, 6.45) is 0.590. The van der Waals surface area contributed by atoms with Crippen LogP contribution in [0.2, 0.25) is 0 Å². The maximum atomic E-state index is 5.84. The Labute approximate surface area is 118 Å². The van der Waals surface area contributed by atoms with Crippen molar-refractivity contribution in [2.45, 2.75) is 20.0 Å². The summed E-state index contributed by atoms with van der Waals surface area (Å²) in [4.78, 5) is 13.1. The van der Waals surface area contributed by atoms with Gasteiger partial charge in [0.1, 0.15) is 16.6 Å². The molecule has 0 amide bonds. The van der Waals surface area contributed by atoms with Crippen LogP contribution in [0.25, 0.3) is 0 Å². The van der Waals surface area contributed by atoms with E-state index in [0.29, 0.717) is 29.1 Å². The van der Waals surface area contributed by atoms with Crippen molar-refractivity contribution in [1.82, 2.24) is 15.0 Å². The van der Waals surface area contributed by atoms with Crippen LogP contribution in [0.3, 0.4) is 0 Å². The summed E-state index contributed by atoms with van der Waals surface area (Å²) in [6, 6.07) is 0. The fourth-order valence-corrected chi connectivity index (χ4v) is 2.56. The molecule has 7 heteroatoms. The highest BCUT2D eigenvalue weighted by atomic mass is 79.9. The Morgan fingerprint density at radius 2 is 2.17 bits per heavy atom. The summed E-state index contributed by atoms with van der Waals surface area (Å²) < 4.78 is 5.78. The number of nitrogen functional groups attached to an aromatic ring is 1. The second-order valence-electron chi connectivity index (χ2n) is 3.78. The van der Waals surface area contributed by atoms with Gasteiger partial charge in [0.15, 0.2) is 0 Å². The molecule has 0 saturated heterocycles. The van der Waals surface area contributed by atoms with Crippen LogP contribution in [-0.4, -0.2) is 22.1 Å². The standard InChI is InChI=1S/C11H13BrN4OS/c1-6-5-18-9(14-6)3-8-15-7(4-17-2)10(12)11(13)16-8/h5H,3-4H2,1-2H3,(H2,13,15,16). The molecule has 0 radical (unpaired) electrons. The number of ether oxygens (including phenoxy) is 1. The van der Waals surface area contributed by atoms with Gasteiger partial charge in [-0.1, -0.05) is 0 Å². The molecule has 0 atom stereocenters. The number of thiazole rings is 1. The third-order valence-electron chi connectivity index (χ3n) is 2.25. The lowest BCUT2D eigenvalue weighted by molar-refractivity contribution is 0.180. The average Bonchev–Trinajstić information content (AvgIpc) is 2.71. The molecule has 0 aliphatic rings. The summed E-state index contributed by atoms with van der Waals surface area (Å²) in [5, 5.41) is 2.99. The van der Waals surface area contributed by atoms with E-state index in [0.717, 1.165) is 16.4 Å². The molecule has 0 spiro atoms. The topological polar surface area (TPSA) is 73.9 Å². The molecular weight excluding hydrogens is 316 g/mol. The maximum Gasteiger partial charge on any atom is 0.141 e. The average molecular weight is 329 g/mol. The molecule has 0 aromatic carbocycles. The molecule has 2 rings (SSSR count). The second kappa shape index (κ2) is 5.73. The zero-order valence-electron chi connectivity index (χ0n) is 10.1. The minimum atomic E-state index is 0.400. The number of nitrogens with two attached hydrogens (primary N) is 1. The van der Waals surface area contributed by atoms with Gasteiger partial charge in [-0.25, -0.2) is 15.0 Å². The normalized spacial score (nSPS) is 10.8. The smallest absolute Gasteiger partial charge is 0.141 e. The number of aryl methyl sites for hydroxylation is 1. The Hall–Kier alpha value is -1.05. The van der Waals surface area contributed by atoms with E-state index in [9.17, 15) is 0 Å². The summed E-state index contributed by atoms with van der Waals surface area (Å²) in [7, 11) is 1.62. The van der Waals surface area contributed by atoms with Crippen molar-refractivity contribution in [3.05, 3.63) is 32.1 Å². The van der Waals surface area contributed by atoms with Crippen LogP contribution < -0.4 is 5.73 Å². The van der Waals surface area contributed by atoms with Gasteiger partial charge < -0.3 is 10.5 Å². The molecule has 2 aromatic rings. The molecule has 5 nitrogen and oxygen atoms in total. The number of hydrogen-bond acceptors (Lipinski definition) is 6. The zero-order valence-corrected chi connectivity index (χ0v) is 12.5. The summed E-state index contributed by atoms with van der Waals surface area (Å²) >= 11 is 4.96. The highest BCUT2D eigenvalue weighted by molar-refractivity contribution is 9.10. The zero-order chi connectivity index (χ0) is 13.1. The van der Waals surface area contributed by atoms with Gasteiger partial charge in [0.2, 0.25) is 0 Å². The number of anilines is 1. The van der Waals surface area contributed by atoms with Crippen LogP contribution in [-0.2, 0) is 17.8 Å². The van der Waals surface area contributed by atoms with Gasteiger partial charge in [0, 0.05) is 18.2 Å². The van der Waals surface area contributed by atoms with Crippen LogP contribution in [0.4, 0.5) is 5.82 Å². The van der Waals surface area contributed by atoms with Crippen LogP contribution in [0, 0.1) is 6.92 Å². The molecule has 0 aliphatic carbocycles. The lowest BCUT2D eigenvalue weighted by atomic mass is 10.3. The third kappa shape index (κ3) is 3.04. The molecule has 0 unspecified atom stereocenters. The SMILES string of the molecule is COCc1nc(Cc2nc(C)cs2)nc(N)c1Br. The van der Waals surface area contributed by atoms with Crippen LogP contribution >= 0.6 is 27.3 Å². The lowest BCUT2D eigenvalue weighted by Gasteiger charge is -2.07. The van der Waals surface area contributed by atoms with E-state index >= 15 is 0 Å². The first-order chi connectivity index (χ1) is 8.60. The Kier molecular flexibility index (Phi) is 4.26. The Bertz CT molecular complexity index is 558. The van der Waals surface area contributed by atoms with Crippen molar-refractivity contribution in [3.63, 3.8) is 0 Å². The van der Waals surface area contributed by atoms with Gasteiger partial charge in [-0.2, -0.15) is 0 Å². The molecule has 2 N–H and O–H groups in total. The van der Waals surface area contributed by atoms with Gasteiger partial charge in [0.25, 0.3) is 0 Å². The number of rotatable bonds is 4. The molecule has 0 saturated carbocycles. The Morgan fingerprint density at radius 1 is 1.39 bits per heavy atom. The molecule has 2 aromatic heterocycles. The number of methoxy groups -OCH3 is 1. The van der Waals surface area contributed by atoms with Crippen molar-refractivity contribution in [2.75, 3.05) is 12.8 Å². The number of nitrogens with zero attached hydrogens (tertiary/aromatic N) is 3. The molecule has 0 aliphatic heterocycles. The van der Waals surface area contributed by atoms with E-state index in [1.165, 1.54) is 0 Å². The number of halogens is 1. The Morgan fingerprint density at radius 3 is 2.78 bits per heavy atom. The second-order valence-corrected chi connectivity index (χ2v) is 5.51. The van der Waals surface area contributed by atoms with Crippen LogP contribution in [0.5, 0.6) is 0 Å². The molecule has 0 bridgehead atoms. The first-order valence-electron chi connectivity index (χ1n) is 5.31.